The molecule has 2 rings (SSSR count). The highest BCUT2D eigenvalue weighted by Gasteiger charge is 2.18. The zero-order valence-corrected chi connectivity index (χ0v) is 12.0. The van der Waals surface area contributed by atoms with E-state index >= 15 is 0 Å². The molecule has 2 nitrogen and oxygen atoms in total. The average Bonchev–Trinajstić information content (AvgIpc) is 2.74. The number of likely N-dealkylation sites (tertiary alicyclic amines) is 1. The van der Waals surface area contributed by atoms with E-state index in [0.29, 0.717) is 0 Å². The molecule has 1 N–H and O–H groups in total. The van der Waals surface area contributed by atoms with Crippen LogP contribution in [0.15, 0.2) is 12.1 Å². The lowest BCUT2D eigenvalue weighted by Crippen LogP contribution is -2.36. The van der Waals surface area contributed by atoms with Crippen molar-refractivity contribution < 1.29 is 0 Å². The van der Waals surface area contributed by atoms with Crippen LogP contribution in [0.25, 0.3) is 0 Å². The first kappa shape index (κ1) is 13.3. The van der Waals surface area contributed by atoms with Gasteiger partial charge >= 0.3 is 0 Å². The highest BCUT2D eigenvalue weighted by Crippen LogP contribution is 2.24. The van der Waals surface area contributed by atoms with Crippen LogP contribution in [-0.4, -0.2) is 31.1 Å². The second kappa shape index (κ2) is 6.74. The molecule has 2 heterocycles. The van der Waals surface area contributed by atoms with Gasteiger partial charge in [-0.3, -0.25) is 4.90 Å². The predicted octanol–water partition coefficient (Wildman–Crippen LogP) is 3.22. The van der Waals surface area contributed by atoms with Gasteiger partial charge < -0.3 is 5.32 Å². The minimum Gasteiger partial charge on any atom is -0.317 e. The molecule has 96 valence electrons. The first-order valence-corrected chi connectivity index (χ1v) is 7.64. The molecule has 0 atom stereocenters. The largest absolute Gasteiger partial charge is 0.317 e. The summed E-state index contributed by atoms with van der Waals surface area (Å²) in [6.45, 7) is 7.99. The number of thiophene rings is 1. The Bertz CT molecular complexity index is 332. The van der Waals surface area contributed by atoms with Crippen LogP contribution in [0.4, 0.5) is 0 Å². The van der Waals surface area contributed by atoms with Crippen molar-refractivity contribution >= 4 is 22.9 Å². The van der Waals surface area contributed by atoms with Crippen LogP contribution in [0.1, 0.15) is 24.6 Å². The third kappa shape index (κ3) is 4.25. The summed E-state index contributed by atoms with van der Waals surface area (Å²) in [6, 6.07) is 4.15. The van der Waals surface area contributed by atoms with Gasteiger partial charge in [-0.15, -0.1) is 11.3 Å². The van der Waals surface area contributed by atoms with Crippen molar-refractivity contribution in [3.8, 4) is 0 Å². The summed E-state index contributed by atoms with van der Waals surface area (Å²) < 4.78 is 0.905. The van der Waals surface area contributed by atoms with Gasteiger partial charge in [0, 0.05) is 11.4 Å². The zero-order chi connectivity index (χ0) is 12.1. The first-order chi connectivity index (χ1) is 8.28. The Labute approximate surface area is 113 Å². The summed E-state index contributed by atoms with van der Waals surface area (Å²) in [4.78, 5) is 3.94. The summed E-state index contributed by atoms with van der Waals surface area (Å²) in [5, 5.41) is 3.45. The Morgan fingerprint density at radius 3 is 2.76 bits per heavy atom. The van der Waals surface area contributed by atoms with Gasteiger partial charge in [-0.1, -0.05) is 18.5 Å². The molecule has 1 fully saturated rings. The summed E-state index contributed by atoms with van der Waals surface area (Å²) in [6.07, 6.45) is 2.65. The molecule has 1 aliphatic heterocycles. The normalized spacial score (nSPS) is 18.7. The van der Waals surface area contributed by atoms with Crippen molar-refractivity contribution in [2.75, 3.05) is 26.2 Å². The third-order valence-electron chi connectivity index (χ3n) is 3.40. The smallest absolute Gasteiger partial charge is 0.0931 e. The molecule has 0 aliphatic carbocycles. The molecule has 0 radical (unpaired) electrons. The van der Waals surface area contributed by atoms with E-state index in [2.05, 4.69) is 23.2 Å². The van der Waals surface area contributed by atoms with Gasteiger partial charge in [-0.05, 0) is 57.1 Å². The predicted molar refractivity (Wildman–Crippen MR) is 75.9 cm³/mol. The van der Waals surface area contributed by atoms with E-state index < -0.39 is 0 Å². The second-order valence-corrected chi connectivity index (χ2v) is 6.53. The second-order valence-electron chi connectivity index (χ2n) is 4.73. The summed E-state index contributed by atoms with van der Waals surface area (Å²) in [5.74, 6) is 0.873. The van der Waals surface area contributed by atoms with E-state index in [0.717, 1.165) is 23.3 Å². The third-order valence-corrected chi connectivity index (χ3v) is 4.61. The van der Waals surface area contributed by atoms with Crippen LogP contribution in [0.5, 0.6) is 0 Å². The van der Waals surface area contributed by atoms with Crippen molar-refractivity contribution in [2.24, 2.45) is 5.92 Å². The minimum absolute atomic E-state index is 0.873. The highest BCUT2D eigenvalue weighted by atomic mass is 35.5. The Kier molecular flexibility index (Phi) is 5.29. The zero-order valence-electron chi connectivity index (χ0n) is 10.4. The number of hydrogen-bond acceptors (Lipinski definition) is 3. The lowest BCUT2D eigenvalue weighted by molar-refractivity contribution is 0.177. The van der Waals surface area contributed by atoms with Gasteiger partial charge in [0.05, 0.1) is 4.34 Å². The molecule has 0 spiro atoms. The van der Waals surface area contributed by atoms with Gasteiger partial charge in [-0.2, -0.15) is 0 Å². The summed E-state index contributed by atoms with van der Waals surface area (Å²) >= 11 is 7.66. The lowest BCUT2D eigenvalue weighted by atomic mass is 9.97. The van der Waals surface area contributed by atoms with E-state index in [1.54, 1.807) is 11.3 Å². The van der Waals surface area contributed by atoms with Crippen LogP contribution >= 0.6 is 22.9 Å². The summed E-state index contributed by atoms with van der Waals surface area (Å²) in [7, 11) is 0. The molecular weight excluding hydrogens is 252 g/mol. The fourth-order valence-corrected chi connectivity index (χ4v) is 3.48. The number of nitrogens with zero attached hydrogens (tertiary/aromatic N) is 1. The Morgan fingerprint density at radius 1 is 1.41 bits per heavy atom. The molecular formula is C13H21ClN2S. The van der Waals surface area contributed by atoms with Gasteiger partial charge in [0.15, 0.2) is 0 Å². The number of piperidine rings is 1. The fraction of sp³-hybridized carbons (Fsp3) is 0.692. The van der Waals surface area contributed by atoms with Crippen molar-refractivity contribution in [1.29, 1.82) is 0 Å². The van der Waals surface area contributed by atoms with Crippen molar-refractivity contribution in [3.05, 3.63) is 21.3 Å². The molecule has 0 saturated carbocycles. The van der Waals surface area contributed by atoms with E-state index in [1.807, 2.05) is 6.07 Å². The minimum atomic E-state index is 0.873. The molecule has 4 heteroatoms. The standard InChI is InChI=1S/C13H21ClN2S/c1-2-15-9-11-5-7-16(8-6-11)10-12-3-4-13(14)17-12/h3-4,11,15H,2,5-10H2,1H3. The van der Waals surface area contributed by atoms with E-state index in [4.69, 9.17) is 11.6 Å². The molecule has 1 aromatic rings. The molecule has 1 aromatic heterocycles. The van der Waals surface area contributed by atoms with Gasteiger partial charge in [0.2, 0.25) is 0 Å². The van der Waals surface area contributed by atoms with Crippen LogP contribution in [0.3, 0.4) is 0 Å². The monoisotopic (exact) mass is 272 g/mol. The fourth-order valence-electron chi connectivity index (χ4n) is 2.35. The van der Waals surface area contributed by atoms with Crippen LogP contribution in [-0.2, 0) is 6.54 Å². The Hall–Kier alpha value is -0.0900. The first-order valence-electron chi connectivity index (χ1n) is 6.45. The maximum absolute atomic E-state index is 5.95. The van der Waals surface area contributed by atoms with E-state index in [9.17, 15) is 0 Å². The molecule has 0 bridgehead atoms. The highest BCUT2D eigenvalue weighted by molar-refractivity contribution is 7.16. The maximum atomic E-state index is 5.95. The Balaban J connectivity index is 1.72. The molecule has 17 heavy (non-hydrogen) atoms. The molecule has 1 saturated heterocycles. The SMILES string of the molecule is CCNCC1CCN(Cc2ccc(Cl)s2)CC1. The van der Waals surface area contributed by atoms with E-state index in [1.165, 1.54) is 37.4 Å². The number of rotatable bonds is 5. The quantitative estimate of drug-likeness (QED) is 0.885. The molecule has 0 unspecified atom stereocenters. The van der Waals surface area contributed by atoms with Crippen molar-refractivity contribution in [2.45, 2.75) is 26.3 Å². The van der Waals surface area contributed by atoms with Crippen LogP contribution in [0, 0.1) is 5.92 Å². The van der Waals surface area contributed by atoms with Crippen molar-refractivity contribution in [1.82, 2.24) is 10.2 Å². The average molecular weight is 273 g/mol. The maximum Gasteiger partial charge on any atom is 0.0931 e. The number of halogens is 1. The Morgan fingerprint density at radius 2 is 2.18 bits per heavy atom. The molecule has 1 aliphatic rings. The van der Waals surface area contributed by atoms with Crippen molar-refractivity contribution in [3.63, 3.8) is 0 Å². The topological polar surface area (TPSA) is 15.3 Å². The number of nitrogens with one attached hydrogen (secondary N) is 1. The van der Waals surface area contributed by atoms with Crippen LogP contribution in [0.2, 0.25) is 4.34 Å². The van der Waals surface area contributed by atoms with Crippen LogP contribution < -0.4 is 5.32 Å². The molecule has 0 amide bonds. The number of hydrogen-bond donors (Lipinski definition) is 1. The summed E-state index contributed by atoms with van der Waals surface area (Å²) in [5.41, 5.74) is 0. The van der Waals surface area contributed by atoms with Gasteiger partial charge in [0.25, 0.3) is 0 Å². The lowest BCUT2D eigenvalue weighted by Gasteiger charge is -2.31. The van der Waals surface area contributed by atoms with E-state index in [-0.39, 0.29) is 0 Å². The van der Waals surface area contributed by atoms with Gasteiger partial charge in [0.1, 0.15) is 0 Å². The van der Waals surface area contributed by atoms with Gasteiger partial charge in [-0.25, -0.2) is 0 Å². The molecule has 0 aromatic carbocycles.